The van der Waals surface area contributed by atoms with Crippen molar-refractivity contribution in [2.75, 3.05) is 6.61 Å². The van der Waals surface area contributed by atoms with Gasteiger partial charge in [0.05, 0.1) is 16.7 Å². The van der Waals surface area contributed by atoms with Crippen molar-refractivity contribution >= 4 is 39.5 Å². The monoisotopic (exact) mass is 422 g/mol. The first-order chi connectivity index (χ1) is 14.3. The fourth-order valence-electron chi connectivity index (χ4n) is 3.52. The van der Waals surface area contributed by atoms with E-state index in [1.54, 1.807) is 4.57 Å². The van der Waals surface area contributed by atoms with Crippen molar-refractivity contribution in [1.82, 2.24) is 9.55 Å². The van der Waals surface area contributed by atoms with Crippen molar-refractivity contribution in [3.8, 4) is 11.3 Å². The summed E-state index contributed by atoms with van der Waals surface area (Å²) in [4.78, 5) is 17.7. The fourth-order valence-corrected chi connectivity index (χ4v) is 3.77. The van der Waals surface area contributed by atoms with E-state index in [-0.39, 0.29) is 6.61 Å². The van der Waals surface area contributed by atoms with Crippen molar-refractivity contribution in [2.24, 2.45) is 0 Å². The summed E-state index contributed by atoms with van der Waals surface area (Å²) in [5, 5.41) is 11.4. The molecule has 0 spiro atoms. The minimum absolute atomic E-state index is 0.0611. The van der Waals surface area contributed by atoms with Gasteiger partial charge in [0.1, 0.15) is 10.8 Å². The Morgan fingerprint density at radius 3 is 2.60 bits per heavy atom. The lowest BCUT2D eigenvalue weighted by atomic mass is 10.1. The molecule has 6 heteroatoms. The summed E-state index contributed by atoms with van der Waals surface area (Å²) < 4.78 is 7.22. The maximum absolute atomic E-state index is 13.2. The minimum atomic E-state index is -0.646. The molecular weight excluding hydrogens is 400 g/mol. The Kier molecular flexibility index (Phi) is 5.26. The number of halogens is 1. The lowest BCUT2D eigenvalue weighted by Gasteiger charge is -2.21. The Morgan fingerprint density at radius 1 is 1.10 bits per heavy atom. The van der Waals surface area contributed by atoms with E-state index in [0.29, 0.717) is 28.3 Å². The molecule has 1 N–H and O–H groups in total. The van der Waals surface area contributed by atoms with Crippen molar-refractivity contribution in [3.05, 3.63) is 65.3 Å². The van der Waals surface area contributed by atoms with Crippen LogP contribution in [0.5, 0.6) is 0 Å². The van der Waals surface area contributed by atoms with Crippen molar-refractivity contribution < 1.29 is 14.6 Å². The van der Waals surface area contributed by atoms with Gasteiger partial charge < -0.3 is 9.84 Å². The van der Waals surface area contributed by atoms with Gasteiger partial charge in [0.15, 0.2) is 0 Å². The van der Waals surface area contributed by atoms with E-state index in [0.717, 1.165) is 21.9 Å². The molecule has 0 saturated heterocycles. The van der Waals surface area contributed by atoms with Crippen molar-refractivity contribution in [2.45, 2.75) is 32.8 Å². The van der Waals surface area contributed by atoms with Gasteiger partial charge in [0.25, 0.3) is 0 Å². The zero-order valence-corrected chi connectivity index (χ0v) is 17.9. The van der Waals surface area contributed by atoms with E-state index < -0.39 is 11.7 Å². The smallest absolute Gasteiger partial charge is 0.419 e. The number of aliphatic hydroxyl groups is 1. The van der Waals surface area contributed by atoms with Crippen LogP contribution in [0.1, 0.15) is 26.3 Å². The van der Waals surface area contributed by atoms with Crippen LogP contribution in [-0.2, 0) is 11.2 Å². The largest absolute Gasteiger partial charge is 0.443 e. The number of benzene rings is 2. The van der Waals surface area contributed by atoms with Gasteiger partial charge in [-0.2, -0.15) is 0 Å². The van der Waals surface area contributed by atoms with Crippen LogP contribution in [0.2, 0.25) is 5.15 Å². The number of hydrogen-bond donors (Lipinski definition) is 1. The molecule has 0 amide bonds. The number of pyridine rings is 1. The molecule has 4 aromatic rings. The quantitative estimate of drug-likeness (QED) is 0.422. The van der Waals surface area contributed by atoms with Gasteiger partial charge in [-0.1, -0.05) is 35.9 Å². The van der Waals surface area contributed by atoms with Gasteiger partial charge in [-0.15, -0.1) is 0 Å². The molecule has 0 bridgehead atoms. The number of ether oxygens (including phenoxy) is 1. The fraction of sp³-hybridized carbons (Fsp3) is 0.250. The summed E-state index contributed by atoms with van der Waals surface area (Å²) in [7, 11) is 0. The van der Waals surface area contributed by atoms with Crippen LogP contribution in [0.4, 0.5) is 4.79 Å². The predicted octanol–water partition coefficient (Wildman–Crippen LogP) is 5.83. The molecule has 5 nitrogen and oxygen atoms in total. The molecule has 0 aliphatic carbocycles. The molecule has 4 rings (SSSR count). The molecule has 0 atom stereocenters. The molecular formula is C24H23ClN2O3. The number of rotatable bonds is 3. The third-order valence-electron chi connectivity index (χ3n) is 4.80. The topological polar surface area (TPSA) is 64.4 Å². The summed E-state index contributed by atoms with van der Waals surface area (Å²) in [6, 6.07) is 17.3. The summed E-state index contributed by atoms with van der Waals surface area (Å²) in [6.45, 7) is 5.56. The third-order valence-corrected chi connectivity index (χ3v) is 5.08. The normalized spacial score (nSPS) is 11.9. The average Bonchev–Trinajstić information content (AvgIpc) is 3.05. The lowest BCUT2D eigenvalue weighted by molar-refractivity contribution is 0.0547. The lowest BCUT2D eigenvalue weighted by Crippen LogP contribution is -2.27. The molecule has 0 fully saturated rings. The highest BCUT2D eigenvalue weighted by atomic mass is 35.5. The van der Waals surface area contributed by atoms with Crippen LogP contribution >= 0.6 is 11.6 Å². The van der Waals surface area contributed by atoms with E-state index in [2.05, 4.69) is 4.98 Å². The van der Waals surface area contributed by atoms with E-state index in [9.17, 15) is 9.90 Å². The first kappa shape index (κ1) is 20.4. The Morgan fingerprint density at radius 2 is 1.87 bits per heavy atom. The second kappa shape index (κ2) is 7.74. The summed E-state index contributed by atoms with van der Waals surface area (Å²) >= 11 is 6.55. The van der Waals surface area contributed by atoms with Gasteiger partial charge in [0.2, 0.25) is 0 Å². The second-order valence-corrected chi connectivity index (χ2v) is 8.59. The van der Waals surface area contributed by atoms with Crippen LogP contribution in [0.25, 0.3) is 33.1 Å². The number of para-hydroxylation sites is 1. The van der Waals surface area contributed by atoms with Crippen molar-refractivity contribution in [1.29, 1.82) is 0 Å². The van der Waals surface area contributed by atoms with Crippen LogP contribution in [0, 0.1) is 0 Å². The van der Waals surface area contributed by atoms with Crippen LogP contribution in [0.3, 0.4) is 0 Å². The van der Waals surface area contributed by atoms with E-state index in [1.165, 1.54) is 0 Å². The zero-order valence-electron chi connectivity index (χ0n) is 17.1. The second-order valence-electron chi connectivity index (χ2n) is 8.23. The number of hydrogen-bond acceptors (Lipinski definition) is 4. The number of carbonyl (C=O) groups excluding carboxylic acids is 1. The first-order valence-electron chi connectivity index (χ1n) is 9.81. The van der Waals surface area contributed by atoms with E-state index >= 15 is 0 Å². The summed E-state index contributed by atoms with van der Waals surface area (Å²) in [6.07, 6.45) is 0.0629. The number of aliphatic hydroxyl groups excluding tert-OH is 1. The van der Waals surface area contributed by atoms with Gasteiger partial charge >= 0.3 is 6.09 Å². The minimum Gasteiger partial charge on any atom is -0.443 e. The average molecular weight is 423 g/mol. The highest BCUT2D eigenvalue weighted by Gasteiger charge is 2.24. The Labute approximate surface area is 179 Å². The third kappa shape index (κ3) is 3.91. The Bertz CT molecular complexity index is 1250. The van der Waals surface area contributed by atoms with E-state index in [1.807, 2.05) is 75.4 Å². The molecule has 30 heavy (non-hydrogen) atoms. The van der Waals surface area contributed by atoms with Gasteiger partial charge in [-0.3, -0.25) is 0 Å². The van der Waals surface area contributed by atoms with Gasteiger partial charge in [0, 0.05) is 22.9 Å². The number of fused-ring (bicyclic) bond motifs is 2. The SMILES string of the molecule is CC(C)(C)OC(=O)n1c(-c2cc3ccccc3nc2Cl)cc2cc(CCO)ccc21. The highest BCUT2D eigenvalue weighted by molar-refractivity contribution is 6.32. The molecule has 154 valence electrons. The van der Waals surface area contributed by atoms with Crippen LogP contribution in [-0.4, -0.2) is 33.0 Å². The molecule has 0 aliphatic heterocycles. The molecule has 2 aromatic heterocycles. The molecule has 2 aromatic carbocycles. The number of carbonyl (C=O) groups is 1. The number of aromatic nitrogens is 2. The molecule has 0 unspecified atom stereocenters. The Balaban J connectivity index is 1.97. The summed E-state index contributed by atoms with van der Waals surface area (Å²) in [5.41, 5.74) is 3.11. The highest BCUT2D eigenvalue weighted by Crippen LogP contribution is 2.35. The molecule has 0 radical (unpaired) electrons. The van der Waals surface area contributed by atoms with Crippen LogP contribution < -0.4 is 0 Å². The molecule has 0 aliphatic rings. The van der Waals surface area contributed by atoms with Gasteiger partial charge in [-0.05, 0) is 63.1 Å². The van der Waals surface area contributed by atoms with E-state index in [4.69, 9.17) is 16.3 Å². The molecule has 2 heterocycles. The van der Waals surface area contributed by atoms with Crippen molar-refractivity contribution in [3.63, 3.8) is 0 Å². The maximum atomic E-state index is 13.2. The standard InChI is InChI=1S/C24H23ClN2O3/c1-24(2,3)30-23(29)27-20-9-8-15(10-11-28)12-17(20)14-21(27)18-13-16-6-4-5-7-19(16)26-22(18)25/h4-9,12-14,28H,10-11H2,1-3H3. The zero-order chi connectivity index (χ0) is 21.5. The first-order valence-corrected chi connectivity index (χ1v) is 10.2. The number of nitrogens with zero attached hydrogens (tertiary/aromatic N) is 2. The van der Waals surface area contributed by atoms with Crippen LogP contribution in [0.15, 0.2) is 54.6 Å². The molecule has 0 saturated carbocycles. The maximum Gasteiger partial charge on any atom is 0.419 e. The Hall–Kier alpha value is -2.89. The summed E-state index contributed by atoms with van der Waals surface area (Å²) in [5.74, 6) is 0. The predicted molar refractivity (Wildman–Crippen MR) is 120 cm³/mol. The van der Waals surface area contributed by atoms with Gasteiger partial charge in [-0.25, -0.2) is 14.3 Å².